The van der Waals surface area contributed by atoms with Gasteiger partial charge in [0.2, 0.25) is 0 Å². The molecule has 1 aromatic rings. The SMILES string of the molecule is Cc1ccc(F)cc1C(=O)N1CCCC2(CCCNC2)C1. The summed E-state index contributed by atoms with van der Waals surface area (Å²) in [5.41, 5.74) is 1.59. The third-order valence-corrected chi connectivity index (χ3v) is 4.94. The summed E-state index contributed by atoms with van der Waals surface area (Å²) < 4.78 is 13.4. The van der Waals surface area contributed by atoms with Gasteiger partial charge in [0.1, 0.15) is 5.82 Å². The van der Waals surface area contributed by atoms with Crippen molar-refractivity contribution < 1.29 is 9.18 Å². The fourth-order valence-electron chi connectivity index (χ4n) is 3.75. The van der Waals surface area contributed by atoms with E-state index in [2.05, 4.69) is 5.32 Å². The van der Waals surface area contributed by atoms with E-state index in [1.165, 1.54) is 31.4 Å². The number of carbonyl (C=O) groups is 1. The molecule has 114 valence electrons. The van der Waals surface area contributed by atoms with Gasteiger partial charge >= 0.3 is 0 Å². The number of hydrogen-bond donors (Lipinski definition) is 1. The van der Waals surface area contributed by atoms with Crippen molar-refractivity contribution in [3.05, 3.63) is 35.1 Å². The van der Waals surface area contributed by atoms with Crippen LogP contribution in [0.4, 0.5) is 4.39 Å². The Bertz CT molecular complexity index is 532. The number of carbonyl (C=O) groups excluding carboxylic acids is 1. The first kappa shape index (κ1) is 14.5. The maximum Gasteiger partial charge on any atom is 0.254 e. The van der Waals surface area contributed by atoms with Crippen LogP contribution in [0.3, 0.4) is 0 Å². The number of piperidine rings is 2. The van der Waals surface area contributed by atoms with E-state index < -0.39 is 0 Å². The number of hydrogen-bond acceptors (Lipinski definition) is 2. The van der Waals surface area contributed by atoms with Crippen molar-refractivity contribution in [2.45, 2.75) is 32.6 Å². The minimum absolute atomic E-state index is 0.0170. The van der Waals surface area contributed by atoms with Crippen molar-refractivity contribution in [2.75, 3.05) is 26.2 Å². The molecule has 1 spiro atoms. The van der Waals surface area contributed by atoms with E-state index >= 15 is 0 Å². The van der Waals surface area contributed by atoms with Gasteiger partial charge in [0.25, 0.3) is 5.91 Å². The minimum atomic E-state index is -0.338. The van der Waals surface area contributed by atoms with Crippen molar-refractivity contribution in [2.24, 2.45) is 5.41 Å². The van der Waals surface area contributed by atoms with Gasteiger partial charge in [-0.2, -0.15) is 0 Å². The van der Waals surface area contributed by atoms with Crippen LogP contribution in [0.5, 0.6) is 0 Å². The maximum atomic E-state index is 13.4. The van der Waals surface area contributed by atoms with Crippen LogP contribution < -0.4 is 5.32 Å². The highest BCUT2D eigenvalue weighted by molar-refractivity contribution is 5.95. The lowest BCUT2D eigenvalue weighted by atomic mass is 9.74. The summed E-state index contributed by atoms with van der Waals surface area (Å²) >= 11 is 0. The van der Waals surface area contributed by atoms with Crippen LogP contribution >= 0.6 is 0 Å². The molecule has 4 heteroatoms. The number of benzene rings is 1. The fourth-order valence-corrected chi connectivity index (χ4v) is 3.75. The summed E-state index contributed by atoms with van der Waals surface area (Å²) in [7, 11) is 0. The zero-order chi connectivity index (χ0) is 14.9. The first-order valence-corrected chi connectivity index (χ1v) is 7.86. The van der Waals surface area contributed by atoms with Gasteiger partial charge in [-0.3, -0.25) is 4.79 Å². The molecule has 2 saturated heterocycles. The number of halogens is 1. The largest absolute Gasteiger partial charge is 0.338 e. The van der Waals surface area contributed by atoms with E-state index in [4.69, 9.17) is 0 Å². The molecule has 1 N–H and O–H groups in total. The summed E-state index contributed by atoms with van der Waals surface area (Å²) in [6, 6.07) is 4.47. The van der Waals surface area contributed by atoms with Gasteiger partial charge in [-0.05, 0) is 56.8 Å². The monoisotopic (exact) mass is 290 g/mol. The van der Waals surface area contributed by atoms with E-state index in [-0.39, 0.29) is 17.1 Å². The van der Waals surface area contributed by atoms with Crippen LogP contribution in [-0.2, 0) is 0 Å². The number of aryl methyl sites for hydroxylation is 1. The van der Waals surface area contributed by atoms with Gasteiger partial charge in [-0.25, -0.2) is 4.39 Å². The van der Waals surface area contributed by atoms with Crippen molar-refractivity contribution in [1.82, 2.24) is 10.2 Å². The summed E-state index contributed by atoms with van der Waals surface area (Å²) in [6.07, 6.45) is 4.60. The van der Waals surface area contributed by atoms with E-state index in [1.807, 2.05) is 11.8 Å². The van der Waals surface area contributed by atoms with E-state index in [1.54, 1.807) is 6.07 Å². The van der Waals surface area contributed by atoms with E-state index in [0.717, 1.165) is 38.2 Å². The Hall–Kier alpha value is -1.42. The lowest BCUT2D eigenvalue weighted by molar-refractivity contribution is 0.0433. The van der Waals surface area contributed by atoms with Gasteiger partial charge in [-0.1, -0.05) is 6.07 Å². The lowest BCUT2D eigenvalue weighted by Gasteiger charge is -2.45. The lowest BCUT2D eigenvalue weighted by Crippen LogP contribution is -2.52. The highest BCUT2D eigenvalue weighted by Crippen LogP contribution is 2.36. The second-order valence-electron chi connectivity index (χ2n) is 6.57. The molecule has 1 atom stereocenters. The Morgan fingerprint density at radius 2 is 2.14 bits per heavy atom. The van der Waals surface area contributed by atoms with Crippen molar-refractivity contribution >= 4 is 5.91 Å². The van der Waals surface area contributed by atoms with E-state index in [0.29, 0.717) is 5.56 Å². The van der Waals surface area contributed by atoms with Crippen LogP contribution in [-0.4, -0.2) is 37.0 Å². The van der Waals surface area contributed by atoms with Crippen LogP contribution in [0.15, 0.2) is 18.2 Å². The molecule has 0 saturated carbocycles. The second kappa shape index (κ2) is 5.76. The molecule has 1 aromatic carbocycles. The molecule has 1 amide bonds. The predicted molar refractivity (Wildman–Crippen MR) is 80.8 cm³/mol. The van der Waals surface area contributed by atoms with Crippen LogP contribution in [0.2, 0.25) is 0 Å². The number of rotatable bonds is 1. The van der Waals surface area contributed by atoms with Crippen LogP contribution in [0, 0.1) is 18.2 Å². The number of amides is 1. The molecule has 2 fully saturated rings. The molecule has 2 heterocycles. The Morgan fingerprint density at radius 1 is 1.33 bits per heavy atom. The number of nitrogens with zero attached hydrogens (tertiary/aromatic N) is 1. The highest BCUT2D eigenvalue weighted by Gasteiger charge is 2.38. The van der Waals surface area contributed by atoms with Gasteiger partial charge in [0.15, 0.2) is 0 Å². The standard InChI is InChI=1S/C17H23FN2O/c1-13-4-5-14(18)10-15(13)16(21)20-9-3-7-17(12-20)6-2-8-19-11-17/h4-5,10,19H,2-3,6-9,11-12H2,1H3. The summed E-state index contributed by atoms with van der Waals surface area (Å²) in [5.74, 6) is -0.355. The first-order chi connectivity index (χ1) is 10.1. The maximum absolute atomic E-state index is 13.4. The van der Waals surface area contributed by atoms with Crippen LogP contribution in [0.1, 0.15) is 41.6 Å². The molecular formula is C17H23FN2O. The van der Waals surface area contributed by atoms with Crippen molar-refractivity contribution in [3.8, 4) is 0 Å². The zero-order valence-corrected chi connectivity index (χ0v) is 12.6. The molecule has 0 bridgehead atoms. The molecule has 0 radical (unpaired) electrons. The van der Waals surface area contributed by atoms with Crippen LogP contribution in [0.25, 0.3) is 0 Å². The normalized spacial score (nSPS) is 26.1. The topological polar surface area (TPSA) is 32.3 Å². The van der Waals surface area contributed by atoms with Gasteiger partial charge in [0, 0.05) is 30.6 Å². The third kappa shape index (κ3) is 2.95. The minimum Gasteiger partial charge on any atom is -0.338 e. The smallest absolute Gasteiger partial charge is 0.254 e. The fraction of sp³-hybridized carbons (Fsp3) is 0.588. The summed E-state index contributed by atoms with van der Waals surface area (Å²) in [5, 5.41) is 3.47. The third-order valence-electron chi connectivity index (χ3n) is 4.94. The molecule has 2 aliphatic rings. The Labute approximate surface area is 125 Å². The second-order valence-corrected chi connectivity index (χ2v) is 6.57. The first-order valence-electron chi connectivity index (χ1n) is 7.86. The molecule has 0 aromatic heterocycles. The molecule has 3 nitrogen and oxygen atoms in total. The quantitative estimate of drug-likeness (QED) is 0.862. The Balaban J connectivity index is 1.79. The molecule has 21 heavy (non-hydrogen) atoms. The molecule has 1 unspecified atom stereocenters. The number of likely N-dealkylation sites (tertiary alicyclic amines) is 1. The van der Waals surface area contributed by atoms with Crippen molar-refractivity contribution in [3.63, 3.8) is 0 Å². The Morgan fingerprint density at radius 3 is 2.90 bits per heavy atom. The summed E-state index contributed by atoms with van der Waals surface area (Å²) in [4.78, 5) is 14.7. The van der Waals surface area contributed by atoms with E-state index in [9.17, 15) is 9.18 Å². The van der Waals surface area contributed by atoms with Gasteiger partial charge in [-0.15, -0.1) is 0 Å². The predicted octanol–water partition coefficient (Wildman–Crippen LogP) is 2.74. The zero-order valence-electron chi connectivity index (χ0n) is 12.6. The van der Waals surface area contributed by atoms with Gasteiger partial charge < -0.3 is 10.2 Å². The summed E-state index contributed by atoms with van der Waals surface area (Å²) in [6.45, 7) is 5.54. The molecule has 2 aliphatic heterocycles. The van der Waals surface area contributed by atoms with Gasteiger partial charge in [0.05, 0.1) is 0 Å². The number of nitrogens with one attached hydrogen (secondary N) is 1. The average molecular weight is 290 g/mol. The molecule has 0 aliphatic carbocycles. The average Bonchev–Trinajstić information content (AvgIpc) is 2.50. The Kier molecular flexibility index (Phi) is 3.98. The van der Waals surface area contributed by atoms with Crippen molar-refractivity contribution in [1.29, 1.82) is 0 Å². The molecular weight excluding hydrogens is 267 g/mol. The molecule has 3 rings (SSSR count). The highest BCUT2D eigenvalue weighted by atomic mass is 19.1.